The fraction of sp³-hybridized carbons (Fsp3) is 0.438. The monoisotopic (exact) mass is 288 g/mol. The number of aliphatic hydroxyl groups excluding tert-OH is 1. The number of aromatic nitrogens is 2. The summed E-state index contributed by atoms with van der Waals surface area (Å²) >= 11 is 0. The predicted molar refractivity (Wildman–Crippen MR) is 78.3 cm³/mol. The Balaban J connectivity index is 1.78. The number of hydrogen-bond donors (Lipinski definition) is 1. The summed E-state index contributed by atoms with van der Waals surface area (Å²) in [5.41, 5.74) is 0.448. The van der Waals surface area contributed by atoms with Crippen molar-refractivity contribution in [1.82, 2.24) is 9.55 Å². The second-order valence-electron chi connectivity index (χ2n) is 6.02. The molecule has 21 heavy (non-hydrogen) atoms. The first-order valence-electron chi connectivity index (χ1n) is 7.05. The summed E-state index contributed by atoms with van der Waals surface area (Å²) in [6, 6.07) is 5.55. The van der Waals surface area contributed by atoms with Gasteiger partial charge in [-0.3, -0.25) is 0 Å². The Morgan fingerprint density at radius 2 is 2.29 bits per heavy atom. The first-order valence-corrected chi connectivity index (χ1v) is 7.05. The van der Waals surface area contributed by atoms with E-state index in [0.717, 1.165) is 11.4 Å². The molecule has 1 N–H and O–H groups in total. The van der Waals surface area contributed by atoms with E-state index in [-0.39, 0.29) is 5.60 Å². The van der Waals surface area contributed by atoms with Gasteiger partial charge in [-0.1, -0.05) is 0 Å². The van der Waals surface area contributed by atoms with Crippen LogP contribution in [0, 0.1) is 0 Å². The predicted octanol–water partition coefficient (Wildman–Crippen LogP) is 2.59. The minimum Gasteiger partial charge on any atom is -0.487 e. The van der Waals surface area contributed by atoms with Gasteiger partial charge in [0.2, 0.25) is 0 Å². The van der Waals surface area contributed by atoms with Gasteiger partial charge < -0.3 is 19.1 Å². The van der Waals surface area contributed by atoms with E-state index in [2.05, 4.69) is 4.98 Å². The first-order chi connectivity index (χ1) is 9.94. The van der Waals surface area contributed by atoms with E-state index in [9.17, 15) is 5.11 Å². The summed E-state index contributed by atoms with van der Waals surface area (Å²) in [5, 5.41) is 10.2. The van der Waals surface area contributed by atoms with Gasteiger partial charge >= 0.3 is 0 Å². The highest BCUT2D eigenvalue weighted by Crippen LogP contribution is 2.41. The molecule has 0 saturated carbocycles. The number of benzene rings is 1. The number of imidazole rings is 1. The average molecular weight is 288 g/mol. The average Bonchev–Trinajstić information content (AvgIpc) is 2.80. The lowest BCUT2D eigenvalue weighted by Gasteiger charge is -2.35. The lowest BCUT2D eigenvalue weighted by atomic mass is 9.92. The highest BCUT2D eigenvalue weighted by Gasteiger charge is 2.32. The van der Waals surface area contributed by atoms with Crippen LogP contribution in [0.15, 0.2) is 30.6 Å². The SMILES string of the molecule is Cn1ccnc1COc1ccc2c(c1)OC(C)(C)CC2O. The highest BCUT2D eigenvalue weighted by molar-refractivity contribution is 5.43. The molecule has 0 bridgehead atoms. The first kappa shape index (κ1) is 13.9. The van der Waals surface area contributed by atoms with E-state index in [4.69, 9.17) is 9.47 Å². The maximum absolute atomic E-state index is 10.2. The molecule has 3 rings (SSSR count). The van der Waals surface area contributed by atoms with Crippen molar-refractivity contribution in [1.29, 1.82) is 0 Å². The summed E-state index contributed by atoms with van der Waals surface area (Å²) in [6.45, 7) is 4.34. The van der Waals surface area contributed by atoms with Crippen LogP contribution in [-0.4, -0.2) is 20.3 Å². The molecule has 1 aliphatic rings. The maximum atomic E-state index is 10.2. The fourth-order valence-corrected chi connectivity index (χ4v) is 2.57. The third-order valence-electron chi connectivity index (χ3n) is 3.70. The van der Waals surface area contributed by atoms with Crippen molar-refractivity contribution in [3.05, 3.63) is 42.0 Å². The second-order valence-corrected chi connectivity index (χ2v) is 6.02. The van der Waals surface area contributed by atoms with Crippen LogP contribution in [-0.2, 0) is 13.7 Å². The van der Waals surface area contributed by atoms with E-state index in [1.807, 2.05) is 49.9 Å². The van der Waals surface area contributed by atoms with Crippen molar-refractivity contribution >= 4 is 0 Å². The van der Waals surface area contributed by atoms with Crippen LogP contribution in [0.25, 0.3) is 0 Å². The smallest absolute Gasteiger partial charge is 0.146 e. The topological polar surface area (TPSA) is 56.5 Å². The Bertz CT molecular complexity index is 649. The molecule has 0 aliphatic carbocycles. The molecule has 1 unspecified atom stereocenters. The number of ether oxygens (including phenoxy) is 2. The van der Waals surface area contributed by atoms with Crippen molar-refractivity contribution in [3.8, 4) is 11.5 Å². The summed E-state index contributed by atoms with van der Waals surface area (Å²) in [6.07, 6.45) is 3.72. The van der Waals surface area contributed by atoms with Gasteiger partial charge in [0.15, 0.2) is 0 Å². The number of aryl methyl sites for hydroxylation is 1. The Morgan fingerprint density at radius 3 is 3.00 bits per heavy atom. The molecule has 2 aromatic rings. The van der Waals surface area contributed by atoms with Gasteiger partial charge in [-0.05, 0) is 26.0 Å². The minimum absolute atomic E-state index is 0.370. The zero-order chi connectivity index (χ0) is 15.0. The molecule has 0 radical (unpaired) electrons. The third-order valence-corrected chi connectivity index (χ3v) is 3.70. The van der Waals surface area contributed by atoms with Crippen LogP contribution in [0.5, 0.6) is 11.5 Å². The normalized spacial score (nSPS) is 19.7. The van der Waals surface area contributed by atoms with Crippen LogP contribution in [0.4, 0.5) is 0 Å². The number of nitrogens with zero attached hydrogens (tertiary/aromatic N) is 2. The molecule has 5 heteroatoms. The molecule has 1 aromatic carbocycles. The molecular formula is C16H20N2O3. The molecule has 112 valence electrons. The van der Waals surface area contributed by atoms with Crippen molar-refractivity contribution in [2.45, 2.75) is 38.6 Å². The summed E-state index contributed by atoms with van der Waals surface area (Å²) in [5.74, 6) is 2.26. The summed E-state index contributed by atoms with van der Waals surface area (Å²) in [7, 11) is 1.93. The molecule has 0 amide bonds. The van der Waals surface area contributed by atoms with Crippen LogP contribution in [0.3, 0.4) is 0 Å². The quantitative estimate of drug-likeness (QED) is 0.943. The van der Waals surface area contributed by atoms with Gasteiger partial charge in [0.1, 0.15) is 29.5 Å². The van der Waals surface area contributed by atoms with Crippen molar-refractivity contribution in [3.63, 3.8) is 0 Å². The van der Waals surface area contributed by atoms with Crippen LogP contribution in [0.1, 0.15) is 37.8 Å². The van der Waals surface area contributed by atoms with Gasteiger partial charge in [0.05, 0.1) is 6.10 Å². The standard InChI is InChI=1S/C16H20N2O3/c1-16(2)9-13(19)12-5-4-11(8-14(12)21-16)20-10-15-17-6-7-18(15)3/h4-8,13,19H,9-10H2,1-3H3. The van der Waals surface area contributed by atoms with Gasteiger partial charge in [0.25, 0.3) is 0 Å². The zero-order valence-corrected chi connectivity index (χ0v) is 12.5. The molecule has 1 aliphatic heterocycles. The van der Waals surface area contributed by atoms with Crippen molar-refractivity contribution < 1.29 is 14.6 Å². The Hall–Kier alpha value is -2.01. The van der Waals surface area contributed by atoms with Gasteiger partial charge in [0, 0.05) is 37.5 Å². The number of hydrogen-bond acceptors (Lipinski definition) is 4. The van der Waals surface area contributed by atoms with Gasteiger partial charge in [-0.25, -0.2) is 4.98 Å². The Labute approximate surface area is 124 Å². The van der Waals surface area contributed by atoms with Crippen LogP contribution >= 0.6 is 0 Å². The van der Waals surface area contributed by atoms with E-state index < -0.39 is 6.10 Å². The Kier molecular flexibility index (Phi) is 3.37. The lowest BCUT2D eigenvalue weighted by molar-refractivity contribution is 0.0113. The van der Waals surface area contributed by atoms with Gasteiger partial charge in [-0.15, -0.1) is 0 Å². The molecule has 0 saturated heterocycles. The molecule has 0 fully saturated rings. The molecule has 1 aromatic heterocycles. The van der Waals surface area contributed by atoms with Crippen LogP contribution in [0.2, 0.25) is 0 Å². The van der Waals surface area contributed by atoms with Crippen molar-refractivity contribution in [2.24, 2.45) is 7.05 Å². The zero-order valence-electron chi connectivity index (χ0n) is 12.5. The largest absolute Gasteiger partial charge is 0.487 e. The molecule has 0 spiro atoms. The maximum Gasteiger partial charge on any atom is 0.146 e. The summed E-state index contributed by atoms with van der Waals surface area (Å²) < 4.78 is 13.6. The van der Waals surface area contributed by atoms with Gasteiger partial charge in [-0.2, -0.15) is 0 Å². The lowest BCUT2D eigenvalue weighted by Crippen LogP contribution is -2.34. The third kappa shape index (κ3) is 2.88. The highest BCUT2D eigenvalue weighted by atomic mass is 16.5. The molecule has 2 heterocycles. The molecule has 1 atom stereocenters. The second kappa shape index (κ2) is 5.07. The number of rotatable bonds is 3. The fourth-order valence-electron chi connectivity index (χ4n) is 2.57. The van der Waals surface area contributed by atoms with E-state index in [0.29, 0.717) is 24.5 Å². The number of aliphatic hydroxyl groups is 1. The van der Waals surface area contributed by atoms with E-state index in [1.54, 1.807) is 6.20 Å². The minimum atomic E-state index is -0.493. The van der Waals surface area contributed by atoms with E-state index in [1.165, 1.54) is 0 Å². The molecule has 5 nitrogen and oxygen atoms in total. The van der Waals surface area contributed by atoms with Crippen molar-refractivity contribution in [2.75, 3.05) is 0 Å². The van der Waals surface area contributed by atoms with E-state index >= 15 is 0 Å². The van der Waals surface area contributed by atoms with Crippen LogP contribution < -0.4 is 9.47 Å². The summed E-state index contributed by atoms with van der Waals surface area (Å²) in [4.78, 5) is 4.22. The Morgan fingerprint density at radius 1 is 1.48 bits per heavy atom. The molecular weight excluding hydrogens is 268 g/mol. The number of fused-ring (bicyclic) bond motifs is 1.